The highest BCUT2D eigenvalue weighted by Gasteiger charge is 2.52. The molecule has 1 aromatic rings. The number of carbonyl (C=O) groups excluding carboxylic acids is 3. The fraction of sp³-hybridized carbons (Fsp3) is 0.712. The molecule has 2 aliphatic carbocycles. The van der Waals surface area contributed by atoms with Crippen molar-refractivity contribution < 1.29 is 96.9 Å². The van der Waals surface area contributed by atoms with Gasteiger partial charge in [-0.05, 0) is 102 Å². The average molecular weight is 1380 g/mol. The van der Waals surface area contributed by atoms with Gasteiger partial charge in [-0.2, -0.15) is 5.48 Å². The first kappa shape index (κ1) is 70.1. The van der Waals surface area contributed by atoms with Gasteiger partial charge in [-0.3, -0.25) is 19.2 Å². The Morgan fingerprint density at radius 3 is 2.26 bits per heavy atom. The van der Waals surface area contributed by atoms with Crippen molar-refractivity contribution in [3.05, 3.63) is 38.5 Å². The summed E-state index contributed by atoms with van der Waals surface area (Å²) < 4.78 is 66.9. The van der Waals surface area contributed by atoms with Crippen molar-refractivity contribution in [2.24, 2.45) is 29.6 Å². The molecule has 7 rings (SSSR count). The zero-order valence-electron chi connectivity index (χ0n) is 49.7. The van der Waals surface area contributed by atoms with Crippen LogP contribution in [-0.4, -0.2) is 200 Å². The number of hydroxylamine groups is 1. The van der Waals surface area contributed by atoms with Crippen LogP contribution in [0, 0.1) is 63.8 Å². The molecule has 0 spiro atoms. The molecule has 1 aromatic carbocycles. The lowest BCUT2D eigenvalue weighted by atomic mass is 9.69. The summed E-state index contributed by atoms with van der Waals surface area (Å²) in [6.07, 6.45) is -5.96. The van der Waals surface area contributed by atoms with E-state index in [4.69, 9.17) is 56.9 Å². The second kappa shape index (κ2) is 33.1. The van der Waals surface area contributed by atoms with E-state index in [-0.39, 0.29) is 66.3 Å². The molecule has 4 aliphatic heterocycles. The summed E-state index contributed by atoms with van der Waals surface area (Å²) in [6.45, 7) is 9.28. The van der Waals surface area contributed by atoms with Gasteiger partial charge in [0.15, 0.2) is 24.1 Å². The lowest BCUT2D eigenvalue weighted by Gasteiger charge is -2.47. The quantitative estimate of drug-likeness (QED) is 0.0145. The zero-order chi connectivity index (χ0) is 61.8. The standard InChI is InChI=1S/C59H82INO20S4/c1-12-17-33-27-75-43(26-40(33)70-6)79-52-41(22-32-18-15-13-14-16-19-34-36(23-42(65)71-7)38(63)24-37(62)35(46(32)34)20-21-83-85-82-11)76-29(3)48(50(52)67)61-81-44-25-39(64)57(31(5)77-44)84-58(69)45-28(2)47(60)54(56(74-10)53(45)72-8)80-59-51(68)55(73-9)49(66)30(4)78-59/h13-14,20,29-34,36-37,39-41,43-44,46,48-52,55,57,59,61-62,64,66-68H,12,17,21-27H2,1-11H3/b14-13-,35-20-/t29?,30?,31?,32-,33?,34?,36?,37+,39?,40?,41?,43?,44?,46?,48?,49?,50?,51?,52?,55?,57?,59?/m1/s1. The number of ether oxygens (including phenoxy) is 11. The van der Waals surface area contributed by atoms with Crippen LogP contribution in [0.1, 0.15) is 88.6 Å². The molecule has 0 aromatic heterocycles. The summed E-state index contributed by atoms with van der Waals surface area (Å²) in [5.41, 5.74) is 4.19. The number of fused-ring (bicyclic) bond motifs is 1. The fourth-order valence-electron chi connectivity index (χ4n) is 12.2. The Morgan fingerprint density at radius 1 is 0.871 bits per heavy atom. The molecule has 0 amide bonds. The summed E-state index contributed by atoms with van der Waals surface area (Å²) in [5.74, 6) is 9.79. The topological polar surface area (TPSA) is 275 Å². The summed E-state index contributed by atoms with van der Waals surface area (Å²) in [7, 11) is 11.8. The second-order valence-electron chi connectivity index (χ2n) is 21.8. The van der Waals surface area contributed by atoms with Crippen LogP contribution in [0.15, 0.2) is 23.8 Å². The number of carbonyl (C=O) groups is 3. The minimum atomic E-state index is -1.39. The summed E-state index contributed by atoms with van der Waals surface area (Å²) in [4.78, 5) is 47.8. The third kappa shape index (κ3) is 16.8. The SMILES string of the molecule is CCCC1COC(OC2C(C[C@H]3C#C/C=C\C#CC4C(CC(=O)OC)C(=O)C[C@H](O)/C(=C/CSSSC)C43)OC(C)C(NOC3CC(O)C(SC(=O)c4c(C)c(I)c(OC5OC(C)C(O)C(OC)C5O)c(OC)c4OC)C(C)O3)C2O)CC1OC. The van der Waals surface area contributed by atoms with Crippen molar-refractivity contribution in [2.75, 3.05) is 54.2 Å². The first-order valence-electron chi connectivity index (χ1n) is 28.5. The van der Waals surface area contributed by atoms with Crippen molar-refractivity contribution in [1.29, 1.82) is 0 Å². The van der Waals surface area contributed by atoms with E-state index in [2.05, 4.69) is 36.1 Å². The van der Waals surface area contributed by atoms with Crippen molar-refractivity contribution >= 4 is 82.6 Å². The number of hydrogen-bond acceptors (Lipinski definition) is 25. The minimum Gasteiger partial charge on any atom is -0.492 e. The van der Waals surface area contributed by atoms with Gasteiger partial charge in [0.25, 0.3) is 0 Å². The maximum Gasteiger partial charge on any atom is 0.306 e. The Balaban J connectivity index is 1.11. The van der Waals surface area contributed by atoms with Gasteiger partial charge in [0.2, 0.25) is 17.2 Å². The number of nitrogens with one attached hydrogen (secondary N) is 1. The summed E-state index contributed by atoms with van der Waals surface area (Å²) >= 11 is 2.87. The van der Waals surface area contributed by atoms with Gasteiger partial charge in [0.1, 0.15) is 36.3 Å². The van der Waals surface area contributed by atoms with Crippen LogP contribution in [0.3, 0.4) is 0 Å². The Bertz CT molecular complexity index is 2620. The number of aliphatic hydroxyl groups excluding tert-OH is 5. The number of methoxy groups -OCH3 is 5. The molecule has 474 valence electrons. The van der Waals surface area contributed by atoms with Crippen LogP contribution in [0.5, 0.6) is 17.2 Å². The predicted molar refractivity (Wildman–Crippen MR) is 329 cm³/mol. The molecular formula is C59H82INO20S4. The van der Waals surface area contributed by atoms with Crippen molar-refractivity contribution in [2.45, 2.75) is 183 Å². The van der Waals surface area contributed by atoms with E-state index >= 15 is 0 Å². The van der Waals surface area contributed by atoms with E-state index in [1.807, 2.05) is 34.9 Å². The first-order chi connectivity index (χ1) is 40.7. The van der Waals surface area contributed by atoms with Crippen molar-refractivity contribution in [3.8, 4) is 40.9 Å². The van der Waals surface area contributed by atoms with Crippen LogP contribution >= 0.6 is 65.8 Å². The molecule has 0 radical (unpaired) electrons. The number of esters is 1. The fourth-order valence-corrected chi connectivity index (χ4v) is 16.4. The van der Waals surface area contributed by atoms with E-state index < -0.39 is 132 Å². The summed E-state index contributed by atoms with van der Waals surface area (Å²) in [5, 5.41) is 56.8. The molecular weight excluding hydrogens is 1300 g/mol. The van der Waals surface area contributed by atoms with Gasteiger partial charge in [-0.25, -0.2) is 0 Å². The molecule has 6 N–H and O–H groups in total. The van der Waals surface area contributed by atoms with Crippen LogP contribution < -0.4 is 19.7 Å². The molecule has 6 aliphatic rings. The number of halogens is 1. The maximum atomic E-state index is 14.5. The highest BCUT2D eigenvalue weighted by molar-refractivity contribution is 14.1. The molecule has 5 fully saturated rings. The highest BCUT2D eigenvalue weighted by Crippen LogP contribution is 2.50. The Labute approximate surface area is 527 Å². The lowest BCUT2D eigenvalue weighted by molar-refractivity contribution is -0.298. The molecule has 4 heterocycles. The normalized spacial score (nSPS) is 37.5. The Hall–Kier alpha value is -2.40. The second-order valence-corrected chi connectivity index (χ2v) is 28.4. The van der Waals surface area contributed by atoms with Gasteiger partial charge < -0.3 is 77.6 Å². The Morgan fingerprint density at radius 2 is 1.60 bits per heavy atom. The molecule has 22 atom stereocenters. The number of benzene rings is 1. The average Bonchev–Trinajstić information content (AvgIpc) is 2.00. The lowest BCUT2D eigenvalue weighted by Crippen LogP contribution is -2.64. The summed E-state index contributed by atoms with van der Waals surface area (Å²) in [6, 6.07) is -0.957. The van der Waals surface area contributed by atoms with Crippen LogP contribution in [-0.2, 0) is 52.3 Å². The van der Waals surface area contributed by atoms with Gasteiger partial charge in [-0.1, -0.05) is 76.5 Å². The number of thioether (sulfide) groups is 1. The van der Waals surface area contributed by atoms with E-state index in [0.717, 1.165) is 24.6 Å². The highest BCUT2D eigenvalue weighted by atomic mass is 127. The largest absolute Gasteiger partial charge is 0.492 e. The van der Waals surface area contributed by atoms with Gasteiger partial charge >= 0.3 is 5.97 Å². The van der Waals surface area contributed by atoms with Gasteiger partial charge in [-0.15, -0.1) is 0 Å². The number of aliphatic hydroxyl groups is 5. The van der Waals surface area contributed by atoms with Gasteiger partial charge in [0, 0.05) is 68.8 Å². The zero-order valence-corrected chi connectivity index (χ0v) is 55.1. The van der Waals surface area contributed by atoms with Gasteiger partial charge in [0.05, 0.1) is 97.5 Å². The minimum absolute atomic E-state index is 0.0462. The number of rotatable bonds is 23. The number of hydrogen-bond donors (Lipinski definition) is 6. The third-order valence-electron chi connectivity index (χ3n) is 16.6. The first-order valence-corrected chi connectivity index (χ1v) is 34.5. The van der Waals surface area contributed by atoms with Crippen molar-refractivity contribution in [3.63, 3.8) is 0 Å². The number of ketones is 1. The Kier molecular flexibility index (Phi) is 27.3. The number of Topliss-reactive ketones (excluding diaryl/α,β-unsaturated/α-hetero) is 1. The molecule has 1 saturated carbocycles. The van der Waals surface area contributed by atoms with E-state index in [1.54, 1.807) is 78.4 Å². The predicted octanol–water partition coefficient (Wildman–Crippen LogP) is 5.73. The van der Waals surface area contributed by atoms with E-state index in [9.17, 15) is 39.9 Å². The van der Waals surface area contributed by atoms with Crippen LogP contribution in [0.25, 0.3) is 0 Å². The van der Waals surface area contributed by atoms with E-state index in [0.29, 0.717) is 33.5 Å². The van der Waals surface area contributed by atoms with E-state index in [1.165, 1.54) is 28.4 Å². The molecule has 85 heavy (non-hydrogen) atoms. The molecule has 4 saturated heterocycles. The molecule has 26 heteroatoms. The smallest absolute Gasteiger partial charge is 0.306 e. The molecule has 20 unspecified atom stereocenters. The van der Waals surface area contributed by atoms with Crippen LogP contribution in [0.4, 0.5) is 0 Å². The number of allylic oxidation sites excluding steroid dienone is 2. The monoisotopic (exact) mass is 1380 g/mol. The molecule has 21 nitrogen and oxygen atoms in total. The molecule has 0 bridgehead atoms. The van der Waals surface area contributed by atoms with Crippen LogP contribution in [0.2, 0.25) is 0 Å². The van der Waals surface area contributed by atoms with Crippen molar-refractivity contribution in [1.82, 2.24) is 5.48 Å². The third-order valence-corrected chi connectivity index (χ3v) is 23.0. The maximum absolute atomic E-state index is 14.5.